The summed E-state index contributed by atoms with van der Waals surface area (Å²) in [6, 6.07) is 8.53. The number of piperidine rings is 1. The van der Waals surface area contributed by atoms with Crippen molar-refractivity contribution < 1.29 is 13.2 Å². The SMILES string of the molecule is O=C(N1CCCCC1)N1CCN(S(=O)(=O)c2ccccc2)CC1. The van der Waals surface area contributed by atoms with Crippen LogP contribution in [0.5, 0.6) is 0 Å². The third-order valence-electron chi connectivity index (χ3n) is 4.52. The van der Waals surface area contributed by atoms with Crippen molar-refractivity contribution in [1.29, 1.82) is 0 Å². The molecule has 0 saturated carbocycles. The van der Waals surface area contributed by atoms with Crippen molar-refractivity contribution in [3.05, 3.63) is 30.3 Å². The molecule has 1 aromatic rings. The monoisotopic (exact) mass is 337 g/mol. The Bertz CT molecular complexity index is 634. The van der Waals surface area contributed by atoms with Gasteiger partial charge in [-0.1, -0.05) is 18.2 Å². The van der Waals surface area contributed by atoms with E-state index in [1.165, 1.54) is 10.7 Å². The Morgan fingerprint density at radius 2 is 1.35 bits per heavy atom. The molecule has 23 heavy (non-hydrogen) atoms. The van der Waals surface area contributed by atoms with Gasteiger partial charge in [-0.15, -0.1) is 0 Å². The Labute approximate surface area is 137 Å². The first kappa shape index (κ1) is 16.3. The second-order valence-electron chi connectivity index (χ2n) is 6.03. The minimum atomic E-state index is -3.45. The highest BCUT2D eigenvalue weighted by atomic mass is 32.2. The molecule has 3 rings (SSSR count). The molecule has 2 aliphatic heterocycles. The van der Waals surface area contributed by atoms with Crippen LogP contribution in [0.1, 0.15) is 19.3 Å². The summed E-state index contributed by atoms with van der Waals surface area (Å²) in [6.07, 6.45) is 3.31. The summed E-state index contributed by atoms with van der Waals surface area (Å²) < 4.78 is 26.6. The lowest BCUT2D eigenvalue weighted by Gasteiger charge is -2.38. The molecule has 0 N–H and O–H groups in total. The van der Waals surface area contributed by atoms with Crippen LogP contribution in [-0.2, 0) is 10.0 Å². The van der Waals surface area contributed by atoms with Gasteiger partial charge in [0.1, 0.15) is 0 Å². The van der Waals surface area contributed by atoms with Gasteiger partial charge in [-0.05, 0) is 31.4 Å². The van der Waals surface area contributed by atoms with Crippen LogP contribution in [0.15, 0.2) is 35.2 Å². The van der Waals surface area contributed by atoms with Gasteiger partial charge in [0.05, 0.1) is 4.90 Å². The van der Waals surface area contributed by atoms with E-state index in [0.29, 0.717) is 31.1 Å². The van der Waals surface area contributed by atoms with E-state index in [1.54, 1.807) is 35.2 Å². The highest BCUT2D eigenvalue weighted by Crippen LogP contribution is 2.18. The minimum absolute atomic E-state index is 0.0569. The average Bonchev–Trinajstić information content (AvgIpc) is 2.63. The summed E-state index contributed by atoms with van der Waals surface area (Å²) in [7, 11) is -3.45. The number of carbonyl (C=O) groups excluding carboxylic acids is 1. The van der Waals surface area contributed by atoms with E-state index in [4.69, 9.17) is 0 Å². The number of piperazine rings is 1. The van der Waals surface area contributed by atoms with E-state index in [9.17, 15) is 13.2 Å². The number of hydrogen-bond acceptors (Lipinski definition) is 3. The molecule has 2 heterocycles. The van der Waals surface area contributed by atoms with E-state index in [0.717, 1.165) is 25.9 Å². The maximum absolute atomic E-state index is 12.6. The van der Waals surface area contributed by atoms with Crippen molar-refractivity contribution in [2.75, 3.05) is 39.3 Å². The van der Waals surface area contributed by atoms with Crippen LogP contribution < -0.4 is 0 Å². The van der Waals surface area contributed by atoms with E-state index < -0.39 is 10.0 Å². The lowest BCUT2D eigenvalue weighted by molar-refractivity contribution is 0.126. The standard InChI is InChI=1S/C16H23N3O3S/c20-16(17-9-5-2-6-10-17)18-11-13-19(14-12-18)23(21,22)15-7-3-1-4-8-15/h1,3-4,7-8H,2,5-6,9-14H2. The predicted octanol–water partition coefficient (Wildman–Crippen LogP) is 1.60. The summed E-state index contributed by atoms with van der Waals surface area (Å²) in [5, 5.41) is 0. The molecule has 0 atom stereocenters. The van der Waals surface area contributed by atoms with Crippen LogP contribution in [0.3, 0.4) is 0 Å². The Hall–Kier alpha value is -1.60. The zero-order chi connectivity index (χ0) is 16.3. The van der Waals surface area contributed by atoms with Crippen molar-refractivity contribution >= 4 is 16.1 Å². The Morgan fingerprint density at radius 1 is 0.783 bits per heavy atom. The number of urea groups is 1. The van der Waals surface area contributed by atoms with Crippen LogP contribution in [0, 0.1) is 0 Å². The molecule has 0 unspecified atom stereocenters. The van der Waals surface area contributed by atoms with Crippen LogP contribution in [0.4, 0.5) is 4.79 Å². The molecule has 0 bridgehead atoms. The highest BCUT2D eigenvalue weighted by Gasteiger charge is 2.31. The van der Waals surface area contributed by atoms with Gasteiger partial charge in [-0.2, -0.15) is 4.31 Å². The first-order valence-electron chi connectivity index (χ1n) is 8.18. The normalized spacial score (nSPS) is 20.5. The van der Waals surface area contributed by atoms with E-state index in [-0.39, 0.29) is 6.03 Å². The number of benzene rings is 1. The quantitative estimate of drug-likeness (QED) is 0.823. The zero-order valence-electron chi connectivity index (χ0n) is 13.2. The molecule has 7 heteroatoms. The first-order valence-corrected chi connectivity index (χ1v) is 9.62. The summed E-state index contributed by atoms with van der Waals surface area (Å²) >= 11 is 0. The van der Waals surface area contributed by atoms with Gasteiger partial charge in [0.2, 0.25) is 10.0 Å². The molecule has 0 spiro atoms. The fourth-order valence-electron chi connectivity index (χ4n) is 3.15. The number of sulfonamides is 1. The third kappa shape index (κ3) is 3.50. The molecule has 126 valence electrons. The molecular weight excluding hydrogens is 314 g/mol. The maximum atomic E-state index is 12.6. The minimum Gasteiger partial charge on any atom is -0.325 e. The van der Waals surface area contributed by atoms with Crippen molar-refractivity contribution in [1.82, 2.24) is 14.1 Å². The van der Waals surface area contributed by atoms with Crippen LogP contribution in [0.2, 0.25) is 0 Å². The van der Waals surface area contributed by atoms with Crippen LogP contribution in [-0.4, -0.2) is 67.8 Å². The fraction of sp³-hybridized carbons (Fsp3) is 0.562. The lowest BCUT2D eigenvalue weighted by Crippen LogP contribution is -2.54. The number of carbonyl (C=O) groups is 1. The number of hydrogen-bond donors (Lipinski definition) is 0. The largest absolute Gasteiger partial charge is 0.325 e. The van der Waals surface area contributed by atoms with Crippen LogP contribution in [0.25, 0.3) is 0 Å². The average molecular weight is 337 g/mol. The fourth-order valence-corrected chi connectivity index (χ4v) is 4.59. The second-order valence-corrected chi connectivity index (χ2v) is 7.97. The predicted molar refractivity (Wildman–Crippen MR) is 87.6 cm³/mol. The van der Waals surface area contributed by atoms with Gasteiger partial charge in [0.15, 0.2) is 0 Å². The molecule has 0 aliphatic carbocycles. The molecule has 0 radical (unpaired) electrons. The Morgan fingerprint density at radius 3 is 1.96 bits per heavy atom. The summed E-state index contributed by atoms with van der Waals surface area (Å²) in [6.45, 7) is 3.28. The van der Waals surface area contributed by atoms with Crippen molar-refractivity contribution in [3.8, 4) is 0 Å². The second kappa shape index (κ2) is 6.88. The molecule has 2 amide bonds. The van der Waals surface area contributed by atoms with Crippen molar-refractivity contribution in [2.45, 2.75) is 24.2 Å². The smallest absolute Gasteiger partial charge is 0.320 e. The zero-order valence-corrected chi connectivity index (χ0v) is 14.0. The molecule has 2 fully saturated rings. The van der Waals surface area contributed by atoms with Gasteiger partial charge in [-0.3, -0.25) is 0 Å². The Kier molecular flexibility index (Phi) is 4.87. The summed E-state index contributed by atoms with van der Waals surface area (Å²) in [4.78, 5) is 16.5. The maximum Gasteiger partial charge on any atom is 0.320 e. The summed E-state index contributed by atoms with van der Waals surface area (Å²) in [5.74, 6) is 0. The number of rotatable bonds is 2. The Balaban J connectivity index is 1.61. The first-order chi connectivity index (χ1) is 11.1. The molecule has 0 aromatic heterocycles. The van der Waals surface area contributed by atoms with Crippen molar-refractivity contribution in [2.24, 2.45) is 0 Å². The van der Waals surface area contributed by atoms with Gasteiger partial charge in [-0.25, -0.2) is 13.2 Å². The number of nitrogens with zero attached hydrogens (tertiary/aromatic N) is 3. The lowest BCUT2D eigenvalue weighted by atomic mass is 10.1. The molecular formula is C16H23N3O3S. The van der Waals surface area contributed by atoms with E-state index in [1.807, 2.05) is 4.90 Å². The van der Waals surface area contributed by atoms with E-state index >= 15 is 0 Å². The molecule has 6 nitrogen and oxygen atoms in total. The number of likely N-dealkylation sites (tertiary alicyclic amines) is 1. The highest BCUT2D eigenvalue weighted by molar-refractivity contribution is 7.89. The van der Waals surface area contributed by atoms with Gasteiger partial charge in [0, 0.05) is 39.3 Å². The molecule has 2 aliphatic rings. The van der Waals surface area contributed by atoms with Crippen LogP contribution >= 0.6 is 0 Å². The van der Waals surface area contributed by atoms with E-state index in [2.05, 4.69) is 0 Å². The molecule has 1 aromatic carbocycles. The van der Waals surface area contributed by atoms with Gasteiger partial charge < -0.3 is 9.80 Å². The molecule has 2 saturated heterocycles. The number of amides is 2. The van der Waals surface area contributed by atoms with Crippen molar-refractivity contribution in [3.63, 3.8) is 0 Å². The summed E-state index contributed by atoms with van der Waals surface area (Å²) in [5.41, 5.74) is 0. The van der Waals surface area contributed by atoms with Gasteiger partial charge >= 0.3 is 6.03 Å². The van der Waals surface area contributed by atoms with Gasteiger partial charge in [0.25, 0.3) is 0 Å². The topological polar surface area (TPSA) is 60.9 Å². The third-order valence-corrected chi connectivity index (χ3v) is 6.43.